The zero-order valence-electron chi connectivity index (χ0n) is 14.6. The summed E-state index contributed by atoms with van der Waals surface area (Å²) < 4.78 is 0. The zero-order valence-corrected chi connectivity index (χ0v) is 15.3. The first kappa shape index (κ1) is 17.9. The summed E-state index contributed by atoms with van der Waals surface area (Å²) in [4.78, 5) is 11.4. The molecule has 3 rings (SSSR count). The fourth-order valence-electron chi connectivity index (χ4n) is 3.12. The number of phenols is 1. The molecule has 1 saturated heterocycles. The molecule has 0 spiro atoms. The van der Waals surface area contributed by atoms with Gasteiger partial charge >= 0.3 is 0 Å². The molecule has 1 aromatic heterocycles. The standard InChI is InChI=1S/C18H23ClN4O2/c1-11-15(12-4-3-5-13(19)16(12)25)22-14(10-24)17(21-11)23-8-6-18(2,20)7-9-23/h3-5,24-25H,6-10,20H2,1-2H3/p+1. The lowest BCUT2D eigenvalue weighted by Crippen LogP contribution is -2.73. The first-order valence-corrected chi connectivity index (χ1v) is 8.77. The number of halogens is 1. The second kappa shape index (κ2) is 6.78. The molecule has 1 aromatic carbocycles. The lowest BCUT2D eigenvalue weighted by molar-refractivity contribution is -0.475. The lowest BCUT2D eigenvalue weighted by atomic mass is 9.91. The Kier molecular flexibility index (Phi) is 4.86. The predicted octanol–water partition coefficient (Wildman–Crippen LogP) is 1.90. The van der Waals surface area contributed by atoms with Crippen LogP contribution in [0.15, 0.2) is 18.2 Å². The number of phenolic OH excluding ortho intramolecular Hbond substituents is 1. The summed E-state index contributed by atoms with van der Waals surface area (Å²) >= 11 is 6.01. The number of anilines is 1. The molecule has 0 amide bonds. The third-order valence-corrected chi connectivity index (χ3v) is 5.09. The highest BCUT2D eigenvalue weighted by atomic mass is 35.5. The van der Waals surface area contributed by atoms with Crippen LogP contribution < -0.4 is 10.6 Å². The van der Waals surface area contributed by atoms with Gasteiger partial charge in [-0.15, -0.1) is 0 Å². The number of benzene rings is 1. The molecule has 0 radical (unpaired) electrons. The number of aliphatic hydroxyl groups excluding tert-OH is 1. The summed E-state index contributed by atoms with van der Waals surface area (Å²) in [5, 5.41) is 20.3. The first-order chi connectivity index (χ1) is 11.8. The molecular weight excluding hydrogens is 340 g/mol. The Balaban J connectivity index is 2.01. The van der Waals surface area contributed by atoms with Gasteiger partial charge in [-0.1, -0.05) is 17.7 Å². The number of aliphatic hydroxyl groups is 1. The largest absolute Gasteiger partial charge is 0.506 e. The van der Waals surface area contributed by atoms with E-state index in [1.54, 1.807) is 18.2 Å². The third-order valence-electron chi connectivity index (χ3n) is 4.78. The van der Waals surface area contributed by atoms with Crippen LogP contribution in [-0.2, 0) is 6.61 Å². The van der Waals surface area contributed by atoms with Gasteiger partial charge in [0.25, 0.3) is 0 Å². The van der Waals surface area contributed by atoms with Gasteiger partial charge in [0.1, 0.15) is 11.4 Å². The predicted molar refractivity (Wildman–Crippen MR) is 97.5 cm³/mol. The van der Waals surface area contributed by atoms with Crippen molar-refractivity contribution >= 4 is 17.4 Å². The molecule has 1 aliphatic rings. The second-order valence-corrected chi connectivity index (χ2v) is 7.43. The molecule has 25 heavy (non-hydrogen) atoms. The molecule has 0 unspecified atom stereocenters. The SMILES string of the molecule is Cc1nc(N2CCC(C)([NH3+])CC2)c(CO)nc1-c1cccc(Cl)c1O. The van der Waals surface area contributed by atoms with E-state index in [2.05, 4.69) is 22.5 Å². The van der Waals surface area contributed by atoms with Crippen LogP contribution in [0.1, 0.15) is 31.2 Å². The first-order valence-electron chi connectivity index (χ1n) is 8.39. The summed E-state index contributed by atoms with van der Waals surface area (Å²) in [7, 11) is 0. The maximum atomic E-state index is 10.2. The van der Waals surface area contributed by atoms with E-state index in [0.717, 1.165) is 25.9 Å². The van der Waals surface area contributed by atoms with Crippen LogP contribution in [0.3, 0.4) is 0 Å². The molecule has 5 N–H and O–H groups in total. The molecule has 134 valence electrons. The summed E-state index contributed by atoms with van der Waals surface area (Å²) in [6, 6.07) is 5.12. The van der Waals surface area contributed by atoms with Crippen LogP contribution in [0.25, 0.3) is 11.3 Å². The van der Waals surface area contributed by atoms with E-state index in [-0.39, 0.29) is 22.9 Å². The molecule has 0 saturated carbocycles. The van der Waals surface area contributed by atoms with Gasteiger partial charge in [0.2, 0.25) is 0 Å². The van der Waals surface area contributed by atoms with Gasteiger partial charge in [0.15, 0.2) is 5.82 Å². The van der Waals surface area contributed by atoms with Gasteiger partial charge in [0.05, 0.1) is 28.6 Å². The third kappa shape index (κ3) is 3.56. The van der Waals surface area contributed by atoms with E-state index in [1.165, 1.54) is 0 Å². The average molecular weight is 364 g/mol. The molecular formula is C18H24ClN4O2+. The number of piperidine rings is 1. The Morgan fingerprint density at radius 3 is 2.60 bits per heavy atom. The molecule has 1 aliphatic heterocycles. The van der Waals surface area contributed by atoms with E-state index in [1.807, 2.05) is 6.92 Å². The number of quaternary nitrogens is 1. The molecule has 0 aliphatic carbocycles. The molecule has 0 bridgehead atoms. The maximum absolute atomic E-state index is 10.2. The van der Waals surface area contributed by atoms with Crippen molar-refractivity contribution in [1.29, 1.82) is 0 Å². The molecule has 2 heterocycles. The minimum Gasteiger partial charge on any atom is -0.506 e. The van der Waals surface area contributed by atoms with Gasteiger partial charge in [-0.25, -0.2) is 9.97 Å². The van der Waals surface area contributed by atoms with Gasteiger partial charge < -0.3 is 20.8 Å². The minimum atomic E-state index is -0.213. The van der Waals surface area contributed by atoms with E-state index < -0.39 is 0 Å². The highest BCUT2D eigenvalue weighted by Crippen LogP contribution is 2.36. The number of hydrogen-bond donors (Lipinski definition) is 3. The number of aromatic nitrogens is 2. The van der Waals surface area contributed by atoms with Gasteiger partial charge in [-0.05, 0) is 26.0 Å². The molecule has 6 nitrogen and oxygen atoms in total. The van der Waals surface area contributed by atoms with E-state index in [9.17, 15) is 10.2 Å². The number of aromatic hydroxyl groups is 1. The molecule has 0 atom stereocenters. The lowest BCUT2D eigenvalue weighted by Gasteiger charge is -2.35. The van der Waals surface area contributed by atoms with Crippen LogP contribution in [0, 0.1) is 6.92 Å². The fraction of sp³-hybridized carbons (Fsp3) is 0.444. The van der Waals surface area contributed by atoms with Crippen molar-refractivity contribution in [2.24, 2.45) is 0 Å². The van der Waals surface area contributed by atoms with Crippen LogP contribution in [-0.4, -0.2) is 38.8 Å². The van der Waals surface area contributed by atoms with Crippen molar-refractivity contribution in [3.63, 3.8) is 0 Å². The summed E-state index contributed by atoms with van der Waals surface area (Å²) in [5.74, 6) is 0.685. The second-order valence-electron chi connectivity index (χ2n) is 7.02. The monoisotopic (exact) mass is 363 g/mol. The number of nitrogens with zero attached hydrogens (tertiary/aromatic N) is 3. The fourth-order valence-corrected chi connectivity index (χ4v) is 3.30. The normalized spacial score (nSPS) is 16.9. The average Bonchev–Trinajstić information content (AvgIpc) is 2.57. The van der Waals surface area contributed by atoms with Gasteiger partial charge in [-0.2, -0.15) is 0 Å². The Bertz CT molecular complexity index is 785. The zero-order chi connectivity index (χ0) is 18.2. The van der Waals surface area contributed by atoms with Crippen LogP contribution >= 0.6 is 11.6 Å². The number of rotatable bonds is 3. The maximum Gasteiger partial charge on any atom is 0.153 e. The van der Waals surface area contributed by atoms with Crippen molar-refractivity contribution in [2.45, 2.75) is 38.8 Å². The Morgan fingerprint density at radius 2 is 1.96 bits per heavy atom. The smallest absolute Gasteiger partial charge is 0.153 e. The number of hydrogen-bond acceptors (Lipinski definition) is 5. The van der Waals surface area contributed by atoms with E-state index in [4.69, 9.17) is 16.6 Å². The van der Waals surface area contributed by atoms with E-state index in [0.29, 0.717) is 28.5 Å². The molecule has 7 heteroatoms. The Labute approximate surface area is 152 Å². The van der Waals surface area contributed by atoms with Crippen molar-refractivity contribution < 1.29 is 15.9 Å². The van der Waals surface area contributed by atoms with Crippen LogP contribution in [0.4, 0.5) is 5.82 Å². The number of aryl methyl sites for hydroxylation is 1. The summed E-state index contributed by atoms with van der Waals surface area (Å²) in [6.07, 6.45) is 1.94. The molecule has 1 fully saturated rings. The highest BCUT2D eigenvalue weighted by molar-refractivity contribution is 6.32. The molecule has 2 aromatic rings. The Hall–Kier alpha value is -1.89. The van der Waals surface area contributed by atoms with Crippen LogP contribution in [0.5, 0.6) is 5.75 Å². The Morgan fingerprint density at radius 1 is 1.28 bits per heavy atom. The van der Waals surface area contributed by atoms with Crippen molar-refractivity contribution in [3.05, 3.63) is 34.6 Å². The topological polar surface area (TPSA) is 97.1 Å². The highest BCUT2D eigenvalue weighted by Gasteiger charge is 2.31. The summed E-state index contributed by atoms with van der Waals surface area (Å²) in [6.45, 7) is 5.48. The van der Waals surface area contributed by atoms with Crippen molar-refractivity contribution in [1.82, 2.24) is 9.97 Å². The summed E-state index contributed by atoms with van der Waals surface area (Å²) in [5.41, 5.74) is 6.57. The van der Waals surface area contributed by atoms with Gasteiger partial charge in [-0.3, -0.25) is 0 Å². The van der Waals surface area contributed by atoms with Crippen LogP contribution in [0.2, 0.25) is 5.02 Å². The van der Waals surface area contributed by atoms with E-state index >= 15 is 0 Å². The van der Waals surface area contributed by atoms with Gasteiger partial charge in [0, 0.05) is 31.5 Å². The van der Waals surface area contributed by atoms with Crippen molar-refractivity contribution in [3.8, 4) is 17.0 Å². The minimum absolute atomic E-state index is 0.0241. The number of para-hydroxylation sites is 1. The quantitative estimate of drug-likeness (QED) is 0.773. The van der Waals surface area contributed by atoms with Crippen molar-refractivity contribution in [2.75, 3.05) is 18.0 Å².